The van der Waals surface area contributed by atoms with Gasteiger partial charge in [-0.15, -0.1) is 0 Å². The summed E-state index contributed by atoms with van der Waals surface area (Å²) in [7, 11) is 4.07. The van der Waals surface area contributed by atoms with Crippen molar-refractivity contribution in [3.63, 3.8) is 0 Å². The van der Waals surface area contributed by atoms with Crippen molar-refractivity contribution < 1.29 is 0 Å². The van der Waals surface area contributed by atoms with Gasteiger partial charge in [-0.1, -0.05) is 30.3 Å². The molecule has 0 bridgehead atoms. The average Bonchev–Trinajstić information content (AvgIpc) is 3.16. The quantitative estimate of drug-likeness (QED) is 0.369. The van der Waals surface area contributed by atoms with E-state index in [2.05, 4.69) is 82.5 Å². The lowest BCUT2D eigenvalue weighted by atomic mass is 9.91. The zero-order valence-electron chi connectivity index (χ0n) is 21.3. The van der Waals surface area contributed by atoms with E-state index in [1.54, 1.807) is 0 Å². The highest BCUT2D eigenvalue weighted by atomic mass is 15.2. The lowest BCUT2D eigenvalue weighted by molar-refractivity contribution is 0.352. The van der Waals surface area contributed by atoms with E-state index in [0.717, 1.165) is 54.9 Å². The number of aromatic nitrogens is 3. The number of benzene rings is 2. The molecule has 4 aromatic rings. The molecule has 2 aromatic heterocycles. The molecule has 0 saturated heterocycles. The zero-order valence-corrected chi connectivity index (χ0v) is 21.3. The van der Waals surface area contributed by atoms with Crippen molar-refractivity contribution in [2.24, 2.45) is 0 Å². The third-order valence-electron chi connectivity index (χ3n) is 7.20. The Morgan fingerprint density at radius 1 is 0.886 bits per heavy atom. The van der Waals surface area contributed by atoms with Crippen LogP contribution in [0.3, 0.4) is 0 Å². The van der Waals surface area contributed by atoms with Crippen molar-refractivity contribution in [1.29, 1.82) is 0 Å². The Balaban J connectivity index is 1.18. The van der Waals surface area contributed by atoms with Crippen molar-refractivity contribution in [2.45, 2.75) is 58.2 Å². The molecule has 6 heteroatoms. The molecular formula is C29H36N6. The topological polar surface area (TPSA) is 58.0 Å². The van der Waals surface area contributed by atoms with Gasteiger partial charge in [0, 0.05) is 55.2 Å². The predicted molar refractivity (Wildman–Crippen MR) is 146 cm³/mol. The molecule has 6 nitrogen and oxygen atoms in total. The summed E-state index contributed by atoms with van der Waals surface area (Å²) in [5.74, 6) is 1.69. The molecule has 0 amide bonds. The van der Waals surface area contributed by atoms with Crippen LogP contribution in [-0.2, 0) is 6.54 Å². The molecule has 2 N–H and O–H groups in total. The van der Waals surface area contributed by atoms with Gasteiger partial charge in [-0.2, -0.15) is 4.98 Å². The molecule has 2 aromatic carbocycles. The van der Waals surface area contributed by atoms with Crippen molar-refractivity contribution in [2.75, 3.05) is 24.3 Å². The molecule has 35 heavy (non-hydrogen) atoms. The van der Waals surface area contributed by atoms with E-state index in [-0.39, 0.29) is 0 Å². The molecule has 2 heterocycles. The van der Waals surface area contributed by atoms with Gasteiger partial charge in [0.15, 0.2) is 0 Å². The predicted octanol–water partition coefficient (Wildman–Crippen LogP) is 5.62. The Bertz CT molecular complexity index is 1290. The first kappa shape index (κ1) is 23.4. The second kappa shape index (κ2) is 10.1. The van der Waals surface area contributed by atoms with E-state index < -0.39 is 0 Å². The van der Waals surface area contributed by atoms with E-state index in [1.807, 2.05) is 26.2 Å². The molecule has 0 spiro atoms. The number of para-hydroxylation sites is 2. The van der Waals surface area contributed by atoms with Gasteiger partial charge in [0.1, 0.15) is 5.82 Å². The van der Waals surface area contributed by atoms with Crippen LogP contribution in [0.25, 0.3) is 16.6 Å². The summed E-state index contributed by atoms with van der Waals surface area (Å²) in [6.07, 6.45) is 4.55. The van der Waals surface area contributed by atoms with Crippen molar-refractivity contribution >= 4 is 22.7 Å². The van der Waals surface area contributed by atoms with Crippen LogP contribution in [0.4, 0.5) is 11.8 Å². The summed E-state index contributed by atoms with van der Waals surface area (Å²) in [4.78, 5) is 11.7. The largest absolute Gasteiger partial charge is 0.362 e. The molecule has 0 atom stereocenters. The number of hydrogen-bond acceptors (Lipinski definition) is 5. The molecule has 0 radical (unpaired) electrons. The van der Waals surface area contributed by atoms with Gasteiger partial charge in [-0.3, -0.25) is 0 Å². The summed E-state index contributed by atoms with van der Waals surface area (Å²) < 4.78 is 2.35. The van der Waals surface area contributed by atoms with Gasteiger partial charge in [-0.05, 0) is 75.4 Å². The Kier molecular flexibility index (Phi) is 6.73. The molecule has 0 unspecified atom stereocenters. The molecular weight excluding hydrogens is 432 g/mol. The minimum atomic E-state index is 0.410. The van der Waals surface area contributed by atoms with E-state index in [0.29, 0.717) is 12.1 Å². The molecule has 1 saturated carbocycles. The Morgan fingerprint density at radius 3 is 2.31 bits per heavy atom. The molecule has 5 rings (SSSR count). The third-order valence-corrected chi connectivity index (χ3v) is 7.20. The summed E-state index contributed by atoms with van der Waals surface area (Å²) in [6, 6.07) is 22.1. The van der Waals surface area contributed by atoms with Crippen LogP contribution in [0.1, 0.15) is 42.6 Å². The van der Waals surface area contributed by atoms with Gasteiger partial charge in [0.05, 0.1) is 5.52 Å². The summed E-state index contributed by atoms with van der Waals surface area (Å²) in [5.41, 5.74) is 6.20. The van der Waals surface area contributed by atoms with Crippen molar-refractivity contribution in [3.05, 3.63) is 77.6 Å². The highest BCUT2D eigenvalue weighted by Crippen LogP contribution is 2.27. The van der Waals surface area contributed by atoms with Crippen LogP contribution in [0, 0.1) is 13.8 Å². The number of hydrogen-bond donors (Lipinski definition) is 2. The standard InChI is InChI=1S/C29H36N6/c1-20-18-22(21(2)35(20)25-10-6-5-7-11-25)19-30-23-14-16-24(17-15-23)31-29-32-27-13-9-8-12-26(27)28(33-29)34(3)4/h5-13,18,23-24,30H,14-17,19H2,1-4H3,(H,31,32,33)/t23-,24+. The fourth-order valence-corrected chi connectivity index (χ4v) is 5.33. The lowest BCUT2D eigenvalue weighted by Crippen LogP contribution is -2.37. The van der Waals surface area contributed by atoms with Crippen LogP contribution in [0.5, 0.6) is 0 Å². The summed E-state index contributed by atoms with van der Waals surface area (Å²) >= 11 is 0. The highest BCUT2D eigenvalue weighted by Gasteiger charge is 2.22. The summed E-state index contributed by atoms with van der Waals surface area (Å²) in [5, 5.41) is 8.53. The number of aryl methyl sites for hydroxylation is 1. The zero-order chi connectivity index (χ0) is 24.4. The number of nitrogens with one attached hydrogen (secondary N) is 2. The minimum absolute atomic E-state index is 0.410. The van der Waals surface area contributed by atoms with E-state index in [1.165, 1.54) is 22.6 Å². The first-order chi connectivity index (χ1) is 17.0. The van der Waals surface area contributed by atoms with E-state index in [4.69, 9.17) is 9.97 Å². The Labute approximate surface area is 208 Å². The smallest absolute Gasteiger partial charge is 0.225 e. The molecule has 182 valence electrons. The Hall–Kier alpha value is -3.38. The maximum absolute atomic E-state index is 4.82. The maximum atomic E-state index is 4.82. The number of fused-ring (bicyclic) bond motifs is 1. The normalized spacial score (nSPS) is 18.1. The van der Waals surface area contributed by atoms with E-state index >= 15 is 0 Å². The SMILES string of the molecule is Cc1cc(CN[C@H]2CC[C@@H](Nc3nc(N(C)C)c4ccccc4n3)CC2)c(C)n1-c1ccccc1. The molecule has 1 fully saturated rings. The van der Waals surface area contributed by atoms with Gasteiger partial charge >= 0.3 is 0 Å². The lowest BCUT2D eigenvalue weighted by Gasteiger charge is -2.30. The van der Waals surface area contributed by atoms with Crippen LogP contribution in [0.2, 0.25) is 0 Å². The van der Waals surface area contributed by atoms with Crippen LogP contribution in [-0.4, -0.2) is 40.7 Å². The average molecular weight is 469 g/mol. The number of rotatable bonds is 7. The van der Waals surface area contributed by atoms with Crippen LogP contribution in [0.15, 0.2) is 60.7 Å². The second-order valence-corrected chi connectivity index (χ2v) is 9.92. The van der Waals surface area contributed by atoms with Crippen LogP contribution < -0.4 is 15.5 Å². The molecule has 0 aliphatic heterocycles. The highest BCUT2D eigenvalue weighted by molar-refractivity contribution is 5.90. The third kappa shape index (κ3) is 5.03. The fraction of sp³-hybridized carbons (Fsp3) is 0.379. The number of anilines is 2. The van der Waals surface area contributed by atoms with Crippen LogP contribution >= 0.6 is 0 Å². The Morgan fingerprint density at radius 2 is 1.57 bits per heavy atom. The van der Waals surface area contributed by atoms with Gasteiger partial charge in [0.25, 0.3) is 0 Å². The van der Waals surface area contributed by atoms with Gasteiger partial charge in [-0.25, -0.2) is 4.98 Å². The van der Waals surface area contributed by atoms with Crippen molar-refractivity contribution in [1.82, 2.24) is 19.9 Å². The first-order valence-electron chi connectivity index (χ1n) is 12.7. The second-order valence-electron chi connectivity index (χ2n) is 9.92. The monoisotopic (exact) mass is 468 g/mol. The minimum Gasteiger partial charge on any atom is -0.362 e. The summed E-state index contributed by atoms with van der Waals surface area (Å²) in [6.45, 7) is 5.33. The fourth-order valence-electron chi connectivity index (χ4n) is 5.33. The van der Waals surface area contributed by atoms with E-state index in [9.17, 15) is 0 Å². The van der Waals surface area contributed by atoms with Gasteiger partial charge < -0.3 is 20.1 Å². The maximum Gasteiger partial charge on any atom is 0.225 e. The van der Waals surface area contributed by atoms with Gasteiger partial charge in [0.2, 0.25) is 5.95 Å². The molecule has 1 aliphatic rings. The van der Waals surface area contributed by atoms with Crippen molar-refractivity contribution in [3.8, 4) is 5.69 Å². The molecule has 1 aliphatic carbocycles. The number of nitrogens with zero attached hydrogens (tertiary/aromatic N) is 4. The first-order valence-corrected chi connectivity index (χ1v) is 12.7.